The number of amides is 1. The van der Waals surface area contributed by atoms with Crippen molar-refractivity contribution in [1.82, 2.24) is 4.90 Å². The molecule has 0 fully saturated rings. The van der Waals surface area contributed by atoms with Crippen LogP contribution in [0.5, 0.6) is 0 Å². The zero-order valence-corrected chi connectivity index (χ0v) is 10.1. The van der Waals surface area contributed by atoms with E-state index in [2.05, 4.69) is 6.92 Å². The number of carbonyl (C=O) groups is 1. The molecule has 0 heterocycles. The van der Waals surface area contributed by atoms with Gasteiger partial charge in [0, 0.05) is 19.2 Å². The SMILES string of the molecule is CCCN(C)C(=O)c1cccc(CCN)c1. The van der Waals surface area contributed by atoms with Crippen LogP contribution in [-0.4, -0.2) is 30.9 Å². The van der Waals surface area contributed by atoms with Crippen molar-refractivity contribution in [2.45, 2.75) is 19.8 Å². The molecule has 0 unspecified atom stereocenters. The summed E-state index contributed by atoms with van der Waals surface area (Å²) >= 11 is 0. The molecule has 0 saturated heterocycles. The van der Waals surface area contributed by atoms with Gasteiger partial charge in [-0.2, -0.15) is 0 Å². The summed E-state index contributed by atoms with van der Waals surface area (Å²) in [4.78, 5) is 13.7. The van der Waals surface area contributed by atoms with Gasteiger partial charge in [-0.25, -0.2) is 0 Å². The van der Waals surface area contributed by atoms with Crippen LogP contribution in [0.3, 0.4) is 0 Å². The average molecular weight is 220 g/mol. The zero-order chi connectivity index (χ0) is 12.0. The maximum atomic E-state index is 12.0. The van der Waals surface area contributed by atoms with Crippen LogP contribution in [-0.2, 0) is 6.42 Å². The standard InChI is InChI=1S/C13H20N2O/c1-3-9-15(2)13(16)12-6-4-5-11(10-12)7-8-14/h4-6,10H,3,7-9,14H2,1-2H3. The van der Waals surface area contributed by atoms with E-state index in [0.717, 1.165) is 30.5 Å². The van der Waals surface area contributed by atoms with Crippen LogP contribution in [0.15, 0.2) is 24.3 Å². The van der Waals surface area contributed by atoms with Gasteiger partial charge in [0.15, 0.2) is 0 Å². The van der Waals surface area contributed by atoms with Crippen LogP contribution in [0.1, 0.15) is 29.3 Å². The van der Waals surface area contributed by atoms with Gasteiger partial charge >= 0.3 is 0 Å². The van der Waals surface area contributed by atoms with Gasteiger partial charge < -0.3 is 10.6 Å². The Morgan fingerprint density at radius 1 is 1.44 bits per heavy atom. The van der Waals surface area contributed by atoms with E-state index in [4.69, 9.17) is 5.73 Å². The highest BCUT2D eigenvalue weighted by Gasteiger charge is 2.10. The topological polar surface area (TPSA) is 46.3 Å². The summed E-state index contributed by atoms with van der Waals surface area (Å²) in [5.74, 6) is 0.0840. The quantitative estimate of drug-likeness (QED) is 0.820. The molecule has 0 bridgehead atoms. The molecule has 0 radical (unpaired) electrons. The van der Waals surface area contributed by atoms with Gasteiger partial charge in [-0.05, 0) is 37.1 Å². The van der Waals surface area contributed by atoms with Crippen molar-refractivity contribution in [1.29, 1.82) is 0 Å². The lowest BCUT2D eigenvalue weighted by Crippen LogP contribution is -2.27. The lowest BCUT2D eigenvalue weighted by Gasteiger charge is -2.16. The van der Waals surface area contributed by atoms with Crippen LogP contribution in [0.25, 0.3) is 0 Å². The molecule has 16 heavy (non-hydrogen) atoms. The molecule has 2 N–H and O–H groups in total. The molecular formula is C13H20N2O. The fourth-order valence-corrected chi connectivity index (χ4v) is 1.68. The Kier molecular flexibility index (Phi) is 4.99. The summed E-state index contributed by atoms with van der Waals surface area (Å²) in [6.07, 6.45) is 1.79. The van der Waals surface area contributed by atoms with Crippen molar-refractivity contribution in [3.63, 3.8) is 0 Å². The summed E-state index contributed by atoms with van der Waals surface area (Å²) in [7, 11) is 1.83. The number of nitrogens with zero attached hydrogens (tertiary/aromatic N) is 1. The van der Waals surface area contributed by atoms with Gasteiger partial charge in [-0.15, -0.1) is 0 Å². The van der Waals surface area contributed by atoms with Crippen LogP contribution in [0.2, 0.25) is 0 Å². The molecule has 1 amide bonds. The number of hydrogen-bond acceptors (Lipinski definition) is 2. The Bertz CT molecular complexity index is 350. The minimum atomic E-state index is 0.0840. The number of nitrogens with two attached hydrogens (primary N) is 1. The molecule has 1 aromatic rings. The third kappa shape index (κ3) is 3.35. The summed E-state index contributed by atoms with van der Waals surface area (Å²) in [6.45, 7) is 3.47. The van der Waals surface area contributed by atoms with Gasteiger partial charge in [0.05, 0.1) is 0 Å². The minimum absolute atomic E-state index is 0.0840. The van der Waals surface area contributed by atoms with E-state index >= 15 is 0 Å². The summed E-state index contributed by atoms with van der Waals surface area (Å²) < 4.78 is 0. The first-order chi connectivity index (χ1) is 7.69. The third-order valence-electron chi connectivity index (χ3n) is 2.51. The second-order valence-electron chi connectivity index (χ2n) is 3.97. The predicted octanol–water partition coefficient (Wildman–Crippen LogP) is 1.67. The molecule has 0 spiro atoms. The van der Waals surface area contributed by atoms with Crippen molar-refractivity contribution < 1.29 is 4.79 Å². The first-order valence-corrected chi connectivity index (χ1v) is 5.73. The molecule has 1 rings (SSSR count). The monoisotopic (exact) mass is 220 g/mol. The molecule has 0 atom stereocenters. The zero-order valence-electron chi connectivity index (χ0n) is 10.1. The largest absolute Gasteiger partial charge is 0.342 e. The Morgan fingerprint density at radius 2 is 2.19 bits per heavy atom. The maximum Gasteiger partial charge on any atom is 0.253 e. The van der Waals surface area contributed by atoms with Gasteiger partial charge in [0.1, 0.15) is 0 Å². The van der Waals surface area contributed by atoms with Gasteiger partial charge in [-0.3, -0.25) is 4.79 Å². The highest BCUT2D eigenvalue weighted by molar-refractivity contribution is 5.94. The van der Waals surface area contributed by atoms with E-state index in [1.807, 2.05) is 31.3 Å². The molecule has 0 aliphatic rings. The van der Waals surface area contributed by atoms with E-state index < -0.39 is 0 Å². The van der Waals surface area contributed by atoms with E-state index in [-0.39, 0.29) is 5.91 Å². The van der Waals surface area contributed by atoms with Crippen molar-refractivity contribution in [3.8, 4) is 0 Å². The van der Waals surface area contributed by atoms with Crippen LogP contribution in [0, 0.1) is 0 Å². The van der Waals surface area contributed by atoms with Gasteiger partial charge in [0.2, 0.25) is 0 Å². The summed E-state index contributed by atoms with van der Waals surface area (Å²) in [5, 5.41) is 0. The molecule has 0 aliphatic carbocycles. The molecular weight excluding hydrogens is 200 g/mol. The molecule has 0 aromatic heterocycles. The van der Waals surface area contributed by atoms with E-state index in [1.54, 1.807) is 4.90 Å². The number of carbonyl (C=O) groups excluding carboxylic acids is 1. The molecule has 0 saturated carbocycles. The first-order valence-electron chi connectivity index (χ1n) is 5.73. The Morgan fingerprint density at radius 3 is 2.81 bits per heavy atom. The molecule has 1 aromatic carbocycles. The number of hydrogen-bond donors (Lipinski definition) is 1. The van der Waals surface area contributed by atoms with Crippen LogP contribution >= 0.6 is 0 Å². The van der Waals surface area contributed by atoms with Gasteiger partial charge in [-0.1, -0.05) is 19.1 Å². The van der Waals surface area contributed by atoms with E-state index in [9.17, 15) is 4.79 Å². The second kappa shape index (κ2) is 6.28. The fourth-order valence-electron chi connectivity index (χ4n) is 1.68. The Balaban J connectivity index is 2.78. The average Bonchev–Trinajstić information content (AvgIpc) is 2.29. The van der Waals surface area contributed by atoms with Crippen molar-refractivity contribution >= 4 is 5.91 Å². The number of rotatable bonds is 5. The van der Waals surface area contributed by atoms with E-state index in [1.165, 1.54) is 0 Å². The predicted molar refractivity (Wildman–Crippen MR) is 66.5 cm³/mol. The highest BCUT2D eigenvalue weighted by Crippen LogP contribution is 2.08. The Labute approximate surface area is 97.2 Å². The van der Waals surface area contributed by atoms with Crippen molar-refractivity contribution in [2.75, 3.05) is 20.1 Å². The third-order valence-corrected chi connectivity index (χ3v) is 2.51. The van der Waals surface area contributed by atoms with Crippen LogP contribution in [0.4, 0.5) is 0 Å². The first kappa shape index (κ1) is 12.7. The lowest BCUT2D eigenvalue weighted by molar-refractivity contribution is 0.0795. The number of benzene rings is 1. The summed E-state index contributed by atoms with van der Waals surface area (Å²) in [5.41, 5.74) is 7.37. The highest BCUT2D eigenvalue weighted by atomic mass is 16.2. The summed E-state index contributed by atoms with van der Waals surface area (Å²) in [6, 6.07) is 7.71. The lowest BCUT2D eigenvalue weighted by atomic mass is 10.1. The molecule has 88 valence electrons. The van der Waals surface area contributed by atoms with Crippen LogP contribution < -0.4 is 5.73 Å². The van der Waals surface area contributed by atoms with Crippen molar-refractivity contribution in [3.05, 3.63) is 35.4 Å². The molecule has 0 aliphatic heterocycles. The second-order valence-corrected chi connectivity index (χ2v) is 3.97. The Hall–Kier alpha value is -1.35. The fraction of sp³-hybridized carbons (Fsp3) is 0.462. The maximum absolute atomic E-state index is 12.0. The van der Waals surface area contributed by atoms with E-state index in [0.29, 0.717) is 6.54 Å². The van der Waals surface area contributed by atoms with Gasteiger partial charge in [0.25, 0.3) is 5.91 Å². The normalized spacial score (nSPS) is 10.2. The molecule has 3 nitrogen and oxygen atoms in total. The minimum Gasteiger partial charge on any atom is -0.342 e. The molecule has 3 heteroatoms. The smallest absolute Gasteiger partial charge is 0.253 e. The van der Waals surface area contributed by atoms with Crippen molar-refractivity contribution in [2.24, 2.45) is 5.73 Å².